The summed E-state index contributed by atoms with van der Waals surface area (Å²) in [7, 11) is 1.67. The molecule has 1 aliphatic heterocycles. The van der Waals surface area contributed by atoms with Crippen LogP contribution < -0.4 is 10.1 Å². The van der Waals surface area contributed by atoms with Crippen molar-refractivity contribution in [2.24, 2.45) is 0 Å². The number of carbonyl (C=O) groups is 1. The van der Waals surface area contributed by atoms with E-state index in [-0.39, 0.29) is 16.9 Å². The summed E-state index contributed by atoms with van der Waals surface area (Å²) in [6, 6.07) is 7.99. The minimum atomic E-state index is -0.306. The van der Waals surface area contributed by atoms with Crippen molar-refractivity contribution in [3.63, 3.8) is 0 Å². The first-order valence-electron chi connectivity index (χ1n) is 8.35. The number of nitrogens with one attached hydrogen (secondary N) is 1. The molecule has 4 nitrogen and oxygen atoms in total. The molecule has 1 amide bonds. The van der Waals surface area contributed by atoms with Gasteiger partial charge in [0, 0.05) is 6.54 Å². The number of carbonyl (C=O) groups excluding carboxylic acids is 1. The fraction of sp³-hybridized carbons (Fsp3) is 0.611. The molecular formula is C18H24N2O2. The van der Waals surface area contributed by atoms with E-state index in [0.717, 1.165) is 43.5 Å². The van der Waals surface area contributed by atoms with Crippen molar-refractivity contribution >= 4 is 5.91 Å². The highest BCUT2D eigenvalue weighted by molar-refractivity contribution is 5.92. The maximum atomic E-state index is 12.9. The number of hydrogen-bond acceptors (Lipinski definition) is 3. The number of rotatable bonds is 6. The fourth-order valence-corrected chi connectivity index (χ4v) is 3.49. The van der Waals surface area contributed by atoms with Crippen molar-refractivity contribution in [1.29, 1.82) is 0 Å². The van der Waals surface area contributed by atoms with E-state index in [0.29, 0.717) is 0 Å². The molecule has 0 bridgehead atoms. The van der Waals surface area contributed by atoms with Gasteiger partial charge in [0.25, 0.3) is 0 Å². The van der Waals surface area contributed by atoms with Gasteiger partial charge in [0.1, 0.15) is 5.75 Å². The van der Waals surface area contributed by atoms with E-state index in [4.69, 9.17) is 4.74 Å². The average molecular weight is 300 g/mol. The molecular weight excluding hydrogens is 276 g/mol. The molecule has 0 spiro atoms. The maximum Gasteiger partial charge on any atom is 0.231 e. The summed E-state index contributed by atoms with van der Waals surface area (Å²) in [6.07, 6.45) is 5.46. The summed E-state index contributed by atoms with van der Waals surface area (Å²) >= 11 is 0. The van der Waals surface area contributed by atoms with Gasteiger partial charge in [-0.2, -0.15) is 0 Å². The summed E-state index contributed by atoms with van der Waals surface area (Å²) in [6.45, 7) is 3.42. The first-order chi connectivity index (χ1) is 10.7. The predicted molar refractivity (Wildman–Crippen MR) is 85.1 cm³/mol. The first kappa shape index (κ1) is 14.1. The van der Waals surface area contributed by atoms with Crippen molar-refractivity contribution in [3.8, 4) is 5.75 Å². The topological polar surface area (TPSA) is 41.6 Å². The van der Waals surface area contributed by atoms with Gasteiger partial charge in [-0.05, 0) is 62.9 Å². The predicted octanol–water partition coefficient (Wildman–Crippen LogP) is 2.08. The normalized spacial score (nSPS) is 24.2. The molecule has 0 radical (unpaired) electrons. The number of methoxy groups -OCH3 is 1. The van der Waals surface area contributed by atoms with Gasteiger partial charge in [0.2, 0.25) is 5.91 Å². The highest BCUT2D eigenvalue weighted by Gasteiger charge is 2.55. The lowest BCUT2D eigenvalue weighted by atomic mass is 9.94. The second-order valence-corrected chi connectivity index (χ2v) is 7.18. The van der Waals surface area contributed by atoms with Gasteiger partial charge in [-0.1, -0.05) is 12.1 Å². The highest BCUT2D eigenvalue weighted by atomic mass is 16.5. The van der Waals surface area contributed by atoms with Gasteiger partial charge in [-0.15, -0.1) is 0 Å². The molecule has 3 aliphatic rings. The highest BCUT2D eigenvalue weighted by Crippen LogP contribution is 2.50. The van der Waals surface area contributed by atoms with Crippen LogP contribution in [-0.2, 0) is 10.2 Å². The number of nitrogens with zero attached hydrogens (tertiary/aromatic N) is 1. The molecule has 4 heteroatoms. The number of amides is 1. The first-order valence-corrected chi connectivity index (χ1v) is 8.35. The van der Waals surface area contributed by atoms with Crippen LogP contribution in [0.25, 0.3) is 0 Å². The van der Waals surface area contributed by atoms with Crippen molar-refractivity contribution < 1.29 is 9.53 Å². The largest absolute Gasteiger partial charge is 0.497 e. The third kappa shape index (κ3) is 2.39. The molecule has 0 aromatic heterocycles. The summed E-state index contributed by atoms with van der Waals surface area (Å²) in [5.41, 5.74) is 0.856. The van der Waals surface area contributed by atoms with E-state index in [2.05, 4.69) is 16.3 Å². The molecule has 1 N–H and O–H groups in total. The summed E-state index contributed by atoms with van der Waals surface area (Å²) in [5.74, 6) is 1.05. The lowest BCUT2D eigenvalue weighted by Gasteiger charge is -2.35. The zero-order valence-corrected chi connectivity index (χ0v) is 13.2. The Kier molecular flexibility index (Phi) is 3.19. The molecule has 1 saturated heterocycles. The van der Waals surface area contributed by atoms with Gasteiger partial charge in [0.05, 0.1) is 18.1 Å². The van der Waals surface area contributed by atoms with Crippen molar-refractivity contribution in [3.05, 3.63) is 29.8 Å². The SMILES string of the molecule is COc1cccc(C2(C(=O)NC3(CN4CCC4)CC3)CC2)c1. The summed E-state index contributed by atoms with van der Waals surface area (Å²) < 4.78 is 5.31. The Balaban J connectivity index is 1.47. The van der Waals surface area contributed by atoms with E-state index < -0.39 is 0 Å². The van der Waals surface area contributed by atoms with E-state index in [1.807, 2.05) is 18.2 Å². The monoisotopic (exact) mass is 300 g/mol. The molecule has 2 saturated carbocycles. The number of benzene rings is 1. The van der Waals surface area contributed by atoms with E-state index in [1.165, 1.54) is 19.5 Å². The fourth-order valence-electron chi connectivity index (χ4n) is 3.49. The summed E-state index contributed by atoms with van der Waals surface area (Å²) in [4.78, 5) is 15.4. The molecule has 1 aromatic rings. The zero-order valence-electron chi connectivity index (χ0n) is 13.2. The molecule has 22 heavy (non-hydrogen) atoms. The van der Waals surface area contributed by atoms with Crippen LogP contribution >= 0.6 is 0 Å². The van der Waals surface area contributed by atoms with Crippen molar-refractivity contribution in [2.45, 2.75) is 43.1 Å². The van der Waals surface area contributed by atoms with Gasteiger partial charge in [-0.3, -0.25) is 4.79 Å². The average Bonchev–Trinajstić information content (AvgIpc) is 3.39. The Hall–Kier alpha value is -1.55. The van der Waals surface area contributed by atoms with Gasteiger partial charge >= 0.3 is 0 Å². The van der Waals surface area contributed by atoms with Crippen LogP contribution in [0.1, 0.15) is 37.7 Å². The Morgan fingerprint density at radius 3 is 2.59 bits per heavy atom. The number of ether oxygens (including phenoxy) is 1. The van der Waals surface area contributed by atoms with Gasteiger partial charge in [0.15, 0.2) is 0 Å². The lowest BCUT2D eigenvalue weighted by molar-refractivity contribution is -0.124. The third-order valence-electron chi connectivity index (χ3n) is 5.51. The number of likely N-dealkylation sites (tertiary alicyclic amines) is 1. The molecule has 3 fully saturated rings. The molecule has 1 aromatic carbocycles. The Bertz CT molecular complexity index is 587. The van der Waals surface area contributed by atoms with Crippen molar-refractivity contribution in [2.75, 3.05) is 26.7 Å². The second kappa shape index (κ2) is 4.98. The quantitative estimate of drug-likeness (QED) is 0.874. The smallest absolute Gasteiger partial charge is 0.231 e. The van der Waals surface area contributed by atoms with Gasteiger partial charge < -0.3 is 15.0 Å². The molecule has 1 heterocycles. The van der Waals surface area contributed by atoms with E-state index >= 15 is 0 Å². The Morgan fingerprint density at radius 2 is 2.05 bits per heavy atom. The van der Waals surface area contributed by atoms with Crippen LogP contribution in [0.15, 0.2) is 24.3 Å². The van der Waals surface area contributed by atoms with Crippen LogP contribution in [0.3, 0.4) is 0 Å². The van der Waals surface area contributed by atoms with Crippen LogP contribution in [0.5, 0.6) is 5.75 Å². The standard InChI is InChI=1S/C18H24N2O2/c1-22-15-5-2-4-14(12-15)18(8-9-18)16(21)19-17(6-7-17)13-20-10-3-11-20/h2,4-5,12H,3,6-11,13H2,1H3,(H,19,21). The Labute approximate surface area is 131 Å². The second-order valence-electron chi connectivity index (χ2n) is 7.18. The summed E-state index contributed by atoms with van der Waals surface area (Å²) in [5, 5.41) is 3.38. The van der Waals surface area contributed by atoms with E-state index in [1.54, 1.807) is 7.11 Å². The minimum Gasteiger partial charge on any atom is -0.497 e. The van der Waals surface area contributed by atoms with Crippen LogP contribution in [-0.4, -0.2) is 43.1 Å². The van der Waals surface area contributed by atoms with E-state index in [9.17, 15) is 4.79 Å². The molecule has 2 aliphatic carbocycles. The Morgan fingerprint density at radius 1 is 1.27 bits per heavy atom. The van der Waals surface area contributed by atoms with Crippen molar-refractivity contribution in [1.82, 2.24) is 10.2 Å². The molecule has 4 rings (SSSR count). The number of hydrogen-bond donors (Lipinski definition) is 1. The van der Waals surface area contributed by atoms with Gasteiger partial charge in [-0.25, -0.2) is 0 Å². The third-order valence-corrected chi connectivity index (χ3v) is 5.51. The zero-order chi connectivity index (χ0) is 15.2. The van der Waals surface area contributed by atoms with Crippen LogP contribution in [0.2, 0.25) is 0 Å². The molecule has 0 atom stereocenters. The lowest BCUT2D eigenvalue weighted by Crippen LogP contribution is -2.52. The molecule has 118 valence electrons. The van der Waals surface area contributed by atoms with Crippen LogP contribution in [0.4, 0.5) is 0 Å². The molecule has 0 unspecified atom stereocenters. The van der Waals surface area contributed by atoms with Crippen LogP contribution in [0, 0.1) is 0 Å². The maximum absolute atomic E-state index is 12.9. The minimum absolute atomic E-state index is 0.0615.